The summed E-state index contributed by atoms with van der Waals surface area (Å²) < 4.78 is 0. The molecule has 7 nitrogen and oxygen atoms in total. The zero-order valence-corrected chi connectivity index (χ0v) is 16.3. The highest BCUT2D eigenvalue weighted by molar-refractivity contribution is 7.13. The van der Waals surface area contributed by atoms with Crippen molar-refractivity contribution in [3.63, 3.8) is 0 Å². The third-order valence-corrected chi connectivity index (χ3v) is 6.52. The first-order valence-electron chi connectivity index (χ1n) is 9.92. The monoisotopic (exact) mass is 390 g/mol. The Kier molecular flexibility index (Phi) is 5.43. The fourth-order valence-corrected chi connectivity index (χ4v) is 4.59. The Hall–Kier alpha value is -1.96. The summed E-state index contributed by atoms with van der Waals surface area (Å²) in [5.74, 6) is 0.682. The van der Waals surface area contributed by atoms with E-state index in [0.29, 0.717) is 37.0 Å². The molecule has 0 radical (unpaired) electrons. The fourth-order valence-electron chi connectivity index (χ4n) is 3.87. The van der Waals surface area contributed by atoms with Crippen LogP contribution in [0.2, 0.25) is 0 Å². The van der Waals surface area contributed by atoms with E-state index in [9.17, 15) is 14.4 Å². The second kappa shape index (κ2) is 7.96. The molecule has 0 unspecified atom stereocenters. The van der Waals surface area contributed by atoms with E-state index in [2.05, 4.69) is 10.3 Å². The number of piperazine rings is 1. The van der Waals surface area contributed by atoms with Gasteiger partial charge in [-0.25, -0.2) is 4.98 Å². The van der Waals surface area contributed by atoms with Crippen LogP contribution in [-0.4, -0.2) is 58.7 Å². The van der Waals surface area contributed by atoms with Crippen LogP contribution in [-0.2, 0) is 20.8 Å². The Balaban J connectivity index is 1.24. The van der Waals surface area contributed by atoms with Crippen molar-refractivity contribution >= 4 is 34.2 Å². The van der Waals surface area contributed by atoms with Gasteiger partial charge < -0.3 is 15.1 Å². The largest absolute Gasteiger partial charge is 0.339 e. The third-order valence-electron chi connectivity index (χ3n) is 5.71. The molecule has 3 amide bonds. The zero-order valence-electron chi connectivity index (χ0n) is 15.5. The predicted molar refractivity (Wildman–Crippen MR) is 102 cm³/mol. The molecule has 3 aliphatic rings. The summed E-state index contributed by atoms with van der Waals surface area (Å²) in [6.45, 7) is 2.43. The maximum atomic E-state index is 12.5. The summed E-state index contributed by atoms with van der Waals surface area (Å²) in [6, 6.07) is 0. The number of nitrogens with zero attached hydrogens (tertiary/aromatic N) is 3. The van der Waals surface area contributed by atoms with Crippen LogP contribution in [0.1, 0.15) is 44.2 Å². The number of nitrogens with one attached hydrogen (secondary N) is 1. The highest BCUT2D eigenvalue weighted by atomic mass is 32.1. The standard InChI is InChI=1S/C19H26N4O3S/c24-16(22-7-9-23(10-8-22)18(26)14-5-6-14)11-15-12-27-19(20-15)21-17(25)13-3-1-2-4-13/h12-14H,1-11H2,(H,20,21,25). The van der Waals surface area contributed by atoms with E-state index in [1.54, 1.807) is 0 Å². The molecule has 1 N–H and O–H groups in total. The van der Waals surface area contributed by atoms with Crippen LogP contribution in [0, 0.1) is 11.8 Å². The highest BCUT2D eigenvalue weighted by Gasteiger charge is 2.35. The van der Waals surface area contributed by atoms with Crippen LogP contribution in [0.25, 0.3) is 0 Å². The molecular formula is C19H26N4O3S. The number of thiazole rings is 1. The van der Waals surface area contributed by atoms with Crippen LogP contribution in [0.4, 0.5) is 5.13 Å². The lowest BCUT2D eigenvalue weighted by Gasteiger charge is -2.34. The summed E-state index contributed by atoms with van der Waals surface area (Å²) in [5.41, 5.74) is 0.697. The second-order valence-corrected chi connectivity index (χ2v) is 8.63. The molecule has 0 bridgehead atoms. The molecule has 0 atom stereocenters. The molecule has 1 saturated heterocycles. The number of amides is 3. The third kappa shape index (κ3) is 4.48. The van der Waals surface area contributed by atoms with Gasteiger partial charge in [-0.3, -0.25) is 14.4 Å². The minimum atomic E-state index is 0.0347. The van der Waals surface area contributed by atoms with Crippen molar-refractivity contribution in [2.24, 2.45) is 11.8 Å². The summed E-state index contributed by atoms with van der Waals surface area (Å²) >= 11 is 1.37. The molecule has 4 rings (SSSR count). The average molecular weight is 391 g/mol. The van der Waals surface area contributed by atoms with Gasteiger partial charge in [0.1, 0.15) is 0 Å². The molecule has 2 saturated carbocycles. The van der Waals surface area contributed by atoms with E-state index >= 15 is 0 Å². The lowest BCUT2D eigenvalue weighted by atomic mass is 10.1. The van der Waals surface area contributed by atoms with E-state index in [0.717, 1.165) is 38.5 Å². The van der Waals surface area contributed by atoms with Crippen LogP contribution in [0.5, 0.6) is 0 Å². The summed E-state index contributed by atoms with van der Waals surface area (Å²) in [4.78, 5) is 44.9. The van der Waals surface area contributed by atoms with Crippen LogP contribution in [0.3, 0.4) is 0 Å². The van der Waals surface area contributed by atoms with Crippen molar-refractivity contribution in [1.29, 1.82) is 0 Å². The predicted octanol–water partition coefficient (Wildman–Crippen LogP) is 1.90. The lowest BCUT2D eigenvalue weighted by Crippen LogP contribution is -2.51. The van der Waals surface area contributed by atoms with Crippen LogP contribution >= 0.6 is 11.3 Å². The number of rotatable bonds is 5. The van der Waals surface area contributed by atoms with E-state index in [4.69, 9.17) is 0 Å². The number of carbonyl (C=O) groups is 3. The Labute approximate surface area is 163 Å². The Morgan fingerprint density at radius 1 is 1.00 bits per heavy atom. The van der Waals surface area contributed by atoms with Gasteiger partial charge in [0.15, 0.2) is 5.13 Å². The first-order valence-corrected chi connectivity index (χ1v) is 10.8. The summed E-state index contributed by atoms with van der Waals surface area (Å²) in [6.07, 6.45) is 6.43. The second-order valence-electron chi connectivity index (χ2n) is 7.77. The number of carbonyl (C=O) groups excluding carboxylic acids is 3. The first kappa shape index (κ1) is 18.4. The van der Waals surface area contributed by atoms with E-state index in [1.165, 1.54) is 11.3 Å². The van der Waals surface area contributed by atoms with Crippen molar-refractivity contribution in [2.45, 2.75) is 44.9 Å². The van der Waals surface area contributed by atoms with Gasteiger partial charge in [0.25, 0.3) is 0 Å². The van der Waals surface area contributed by atoms with E-state index in [1.807, 2.05) is 15.2 Å². The first-order chi connectivity index (χ1) is 13.1. The summed E-state index contributed by atoms with van der Waals surface area (Å²) in [7, 11) is 0. The minimum Gasteiger partial charge on any atom is -0.339 e. The number of anilines is 1. The van der Waals surface area contributed by atoms with Gasteiger partial charge in [-0.05, 0) is 25.7 Å². The number of hydrogen-bond donors (Lipinski definition) is 1. The van der Waals surface area contributed by atoms with Gasteiger partial charge in [-0.1, -0.05) is 12.8 Å². The van der Waals surface area contributed by atoms with Gasteiger partial charge in [0.2, 0.25) is 17.7 Å². The zero-order chi connectivity index (χ0) is 18.8. The Bertz CT molecular complexity index is 716. The molecule has 146 valence electrons. The smallest absolute Gasteiger partial charge is 0.229 e. The molecule has 3 fully saturated rings. The molecule has 1 aliphatic heterocycles. The Morgan fingerprint density at radius 3 is 2.33 bits per heavy atom. The van der Waals surface area contributed by atoms with Crippen LogP contribution < -0.4 is 5.32 Å². The molecule has 0 spiro atoms. The quantitative estimate of drug-likeness (QED) is 0.832. The van der Waals surface area contributed by atoms with E-state index < -0.39 is 0 Å². The SMILES string of the molecule is O=C(Nc1nc(CC(=O)N2CCN(C(=O)C3CC3)CC2)cs1)C1CCCC1. The average Bonchev–Trinajstić information content (AvgIpc) is 3.19. The van der Waals surface area contributed by atoms with E-state index in [-0.39, 0.29) is 36.0 Å². The molecule has 27 heavy (non-hydrogen) atoms. The molecule has 2 aliphatic carbocycles. The van der Waals surface area contributed by atoms with Gasteiger partial charge >= 0.3 is 0 Å². The van der Waals surface area contributed by atoms with Crippen molar-refractivity contribution in [1.82, 2.24) is 14.8 Å². The fraction of sp³-hybridized carbons (Fsp3) is 0.684. The molecule has 1 aromatic rings. The van der Waals surface area contributed by atoms with Crippen molar-refractivity contribution in [2.75, 3.05) is 31.5 Å². The maximum absolute atomic E-state index is 12.5. The maximum Gasteiger partial charge on any atom is 0.229 e. The molecule has 2 heterocycles. The van der Waals surface area contributed by atoms with Crippen molar-refractivity contribution < 1.29 is 14.4 Å². The topological polar surface area (TPSA) is 82.6 Å². The molecular weight excluding hydrogens is 364 g/mol. The van der Waals surface area contributed by atoms with Gasteiger partial charge in [0.05, 0.1) is 12.1 Å². The van der Waals surface area contributed by atoms with Gasteiger partial charge in [-0.2, -0.15) is 0 Å². The molecule has 1 aromatic heterocycles. The number of aromatic nitrogens is 1. The van der Waals surface area contributed by atoms with Crippen molar-refractivity contribution in [3.05, 3.63) is 11.1 Å². The lowest BCUT2D eigenvalue weighted by molar-refractivity contribution is -0.140. The molecule has 8 heteroatoms. The summed E-state index contributed by atoms with van der Waals surface area (Å²) in [5, 5.41) is 5.31. The van der Waals surface area contributed by atoms with Gasteiger partial charge in [0, 0.05) is 43.4 Å². The normalized spacial score (nSPS) is 20.7. The highest BCUT2D eigenvalue weighted by Crippen LogP contribution is 2.31. The Morgan fingerprint density at radius 2 is 1.67 bits per heavy atom. The van der Waals surface area contributed by atoms with Gasteiger partial charge in [-0.15, -0.1) is 11.3 Å². The minimum absolute atomic E-state index is 0.0347. The van der Waals surface area contributed by atoms with Crippen molar-refractivity contribution in [3.8, 4) is 0 Å². The number of hydrogen-bond acceptors (Lipinski definition) is 5. The van der Waals surface area contributed by atoms with Crippen LogP contribution in [0.15, 0.2) is 5.38 Å². The molecule has 0 aromatic carbocycles.